The van der Waals surface area contributed by atoms with E-state index in [4.69, 9.17) is 0 Å². The van der Waals surface area contributed by atoms with Crippen molar-refractivity contribution >= 4 is 80.9 Å². The number of thiophene rings is 1. The van der Waals surface area contributed by atoms with E-state index in [1.807, 2.05) is 11.3 Å². The van der Waals surface area contributed by atoms with Gasteiger partial charge in [-0.3, -0.25) is 0 Å². The highest BCUT2D eigenvalue weighted by Gasteiger charge is 2.16. The molecule has 0 spiro atoms. The smallest absolute Gasteiger partial charge is 0.0468 e. The summed E-state index contributed by atoms with van der Waals surface area (Å²) in [7, 11) is 0. The maximum atomic E-state index is 2.38. The summed E-state index contributed by atoms with van der Waals surface area (Å²) in [6.07, 6.45) is 0. The summed E-state index contributed by atoms with van der Waals surface area (Å²) in [4.78, 5) is 2.38. The summed E-state index contributed by atoms with van der Waals surface area (Å²) in [6.45, 7) is 0. The first kappa shape index (κ1) is 28.8. The summed E-state index contributed by atoms with van der Waals surface area (Å²) in [5.41, 5.74) is 8.19. The van der Waals surface area contributed by atoms with Crippen molar-refractivity contribution in [1.82, 2.24) is 0 Å². The van der Waals surface area contributed by atoms with Crippen molar-refractivity contribution in [1.29, 1.82) is 0 Å². The molecule has 0 atom stereocenters. The van der Waals surface area contributed by atoms with Crippen LogP contribution in [0.3, 0.4) is 0 Å². The zero-order valence-corrected chi connectivity index (χ0v) is 28.1. The van der Waals surface area contributed by atoms with Crippen LogP contribution in [0.5, 0.6) is 0 Å². The third-order valence-electron chi connectivity index (χ3n) is 10.0. The molecule has 1 aromatic heterocycles. The lowest BCUT2D eigenvalue weighted by atomic mass is 9.98. The molecule has 1 nitrogen and oxygen atoms in total. The summed E-state index contributed by atoms with van der Waals surface area (Å²) >= 11 is 1.87. The molecule has 1 heterocycles. The normalized spacial score (nSPS) is 11.6. The summed E-state index contributed by atoms with van der Waals surface area (Å²) in [5, 5.41) is 10.3. The lowest BCUT2D eigenvalue weighted by molar-refractivity contribution is 1.29. The topological polar surface area (TPSA) is 3.24 Å². The van der Waals surface area contributed by atoms with E-state index in [0.717, 1.165) is 17.1 Å². The molecule has 10 aromatic rings. The highest BCUT2D eigenvalue weighted by atomic mass is 32.1. The molecule has 10 rings (SSSR count). The predicted molar refractivity (Wildman–Crippen MR) is 217 cm³/mol. The minimum atomic E-state index is 1.12. The highest BCUT2D eigenvalue weighted by Crippen LogP contribution is 2.41. The molecule has 0 bridgehead atoms. The Kier molecular flexibility index (Phi) is 6.75. The lowest BCUT2D eigenvalue weighted by Gasteiger charge is -2.27. The minimum absolute atomic E-state index is 1.12. The second kappa shape index (κ2) is 11.7. The van der Waals surface area contributed by atoms with Crippen molar-refractivity contribution < 1.29 is 0 Å². The monoisotopic (exact) mass is 653 g/mol. The van der Waals surface area contributed by atoms with Crippen LogP contribution in [0.4, 0.5) is 17.1 Å². The van der Waals surface area contributed by atoms with Gasteiger partial charge in [-0.05, 0) is 109 Å². The van der Waals surface area contributed by atoms with Gasteiger partial charge in [-0.1, -0.05) is 133 Å². The van der Waals surface area contributed by atoms with Crippen molar-refractivity contribution in [2.75, 3.05) is 4.90 Å². The quantitative estimate of drug-likeness (QED) is 0.167. The van der Waals surface area contributed by atoms with Crippen molar-refractivity contribution in [3.05, 3.63) is 188 Å². The Bertz CT molecular complexity index is 2870. The highest BCUT2D eigenvalue weighted by molar-refractivity contribution is 7.26. The van der Waals surface area contributed by atoms with Gasteiger partial charge in [0.2, 0.25) is 0 Å². The van der Waals surface area contributed by atoms with Gasteiger partial charge in [0.25, 0.3) is 0 Å². The molecule has 234 valence electrons. The Morgan fingerprint density at radius 2 is 0.900 bits per heavy atom. The van der Waals surface area contributed by atoms with E-state index in [0.29, 0.717) is 0 Å². The fourth-order valence-corrected chi connectivity index (χ4v) is 8.70. The Labute approximate surface area is 294 Å². The molecule has 9 aromatic carbocycles. The van der Waals surface area contributed by atoms with Gasteiger partial charge >= 0.3 is 0 Å². The number of hydrogen-bond acceptors (Lipinski definition) is 2. The predicted octanol–water partition coefficient (Wildman–Crippen LogP) is 14.3. The van der Waals surface area contributed by atoms with E-state index in [1.54, 1.807) is 0 Å². The van der Waals surface area contributed by atoms with Gasteiger partial charge in [0.1, 0.15) is 0 Å². The van der Waals surface area contributed by atoms with Crippen LogP contribution in [-0.2, 0) is 0 Å². The number of benzene rings is 9. The van der Waals surface area contributed by atoms with Gasteiger partial charge in [0.05, 0.1) is 0 Å². The molecular weight excluding hydrogens is 623 g/mol. The SMILES string of the molecule is c1ccc(-c2cccc(N(c3ccc(-c4ccc5c(ccc6sc7ccccc7c65)c4)cc3)c3ccc4c(ccc5ccccc54)c3)c2)cc1. The molecule has 2 heteroatoms. The van der Waals surface area contributed by atoms with Crippen LogP contribution in [-0.4, -0.2) is 0 Å². The average Bonchev–Trinajstić information content (AvgIpc) is 3.58. The van der Waals surface area contributed by atoms with Gasteiger partial charge in [-0.2, -0.15) is 0 Å². The Balaban J connectivity index is 1.08. The van der Waals surface area contributed by atoms with Crippen LogP contribution in [0, 0.1) is 0 Å². The number of rotatable bonds is 5. The van der Waals surface area contributed by atoms with Gasteiger partial charge in [0.15, 0.2) is 0 Å². The standard InChI is InChI=1S/C48H31NS/c1-2-9-32(10-3-1)35-12-8-13-40(30-35)49(41-25-27-43-38(31-41)18-17-34-11-4-5-14-42(34)43)39-23-19-33(20-24-39)36-21-26-44-37(29-36)22-28-47-48(44)45-15-6-7-16-46(45)50-47/h1-31H. The van der Waals surface area contributed by atoms with Gasteiger partial charge in [-0.25, -0.2) is 0 Å². The molecule has 0 aliphatic heterocycles. The zero-order valence-electron chi connectivity index (χ0n) is 27.3. The number of hydrogen-bond donors (Lipinski definition) is 0. The molecule has 0 unspecified atom stereocenters. The molecule has 0 saturated heterocycles. The second-order valence-corrected chi connectivity index (χ2v) is 14.0. The maximum absolute atomic E-state index is 2.38. The van der Waals surface area contributed by atoms with Crippen molar-refractivity contribution in [2.24, 2.45) is 0 Å². The maximum Gasteiger partial charge on any atom is 0.0468 e. The molecule has 50 heavy (non-hydrogen) atoms. The van der Waals surface area contributed by atoms with Crippen LogP contribution in [0.25, 0.3) is 74.7 Å². The van der Waals surface area contributed by atoms with Crippen LogP contribution < -0.4 is 4.90 Å². The summed E-state index contributed by atoms with van der Waals surface area (Å²) in [6, 6.07) is 68.7. The van der Waals surface area contributed by atoms with Crippen LogP contribution in [0.2, 0.25) is 0 Å². The minimum Gasteiger partial charge on any atom is -0.310 e. The Hall–Kier alpha value is -6.22. The average molecular weight is 654 g/mol. The van der Waals surface area contributed by atoms with E-state index in [2.05, 4.69) is 193 Å². The molecule has 0 aliphatic carbocycles. The van der Waals surface area contributed by atoms with Crippen LogP contribution in [0.1, 0.15) is 0 Å². The van der Waals surface area contributed by atoms with Crippen LogP contribution >= 0.6 is 11.3 Å². The molecule has 0 aliphatic rings. The lowest BCUT2D eigenvalue weighted by Crippen LogP contribution is -2.10. The largest absolute Gasteiger partial charge is 0.310 e. The Morgan fingerprint density at radius 1 is 0.300 bits per heavy atom. The van der Waals surface area contributed by atoms with Gasteiger partial charge < -0.3 is 4.90 Å². The zero-order chi connectivity index (χ0) is 33.0. The van der Waals surface area contributed by atoms with Crippen molar-refractivity contribution in [3.63, 3.8) is 0 Å². The third kappa shape index (κ3) is 4.84. The molecule has 0 N–H and O–H groups in total. The van der Waals surface area contributed by atoms with Crippen LogP contribution in [0.15, 0.2) is 188 Å². The van der Waals surface area contributed by atoms with Gasteiger partial charge in [0, 0.05) is 37.2 Å². The fourth-order valence-electron chi connectivity index (χ4n) is 7.58. The first-order valence-corrected chi connectivity index (χ1v) is 17.9. The van der Waals surface area contributed by atoms with E-state index in [1.165, 1.54) is 74.7 Å². The molecule has 0 amide bonds. The summed E-state index contributed by atoms with van der Waals surface area (Å²) < 4.78 is 2.68. The molecule has 0 radical (unpaired) electrons. The molecule has 0 fully saturated rings. The Morgan fingerprint density at radius 3 is 1.80 bits per heavy atom. The number of anilines is 3. The van der Waals surface area contributed by atoms with E-state index in [-0.39, 0.29) is 0 Å². The number of nitrogens with zero attached hydrogens (tertiary/aromatic N) is 1. The molecule has 0 saturated carbocycles. The fraction of sp³-hybridized carbons (Fsp3) is 0. The van der Waals surface area contributed by atoms with E-state index in [9.17, 15) is 0 Å². The first-order chi connectivity index (χ1) is 24.8. The van der Waals surface area contributed by atoms with Gasteiger partial charge in [-0.15, -0.1) is 11.3 Å². The first-order valence-electron chi connectivity index (χ1n) is 17.1. The molecular formula is C48H31NS. The van der Waals surface area contributed by atoms with Crippen molar-refractivity contribution in [3.8, 4) is 22.3 Å². The summed E-state index contributed by atoms with van der Waals surface area (Å²) in [5.74, 6) is 0. The van der Waals surface area contributed by atoms with E-state index < -0.39 is 0 Å². The van der Waals surface area contributed by atoms with Crippen molar-refractivity contribution in [2.45, 2.75) is 0 Å². The third-order valence-corrected chi connectivity index (χ3v) is 11.2. The van der Waals surface area contributed by atoms with E-state index >= 15 is 0 Å². The number of fused-ring (bicyclic) bond motifs is 8. The second-order valence-electron chi connectivity index (χ2n) is 13.0.